The second kappa shape index (κ2) is 9.68. The maximum Gasteiger partial charge on any atom is 0.162 e. The number of pyridine rings is 3. The molecular formula is C37H23N7. The quantitative estimate of drug-likeness (QED) is 0.215. The number of hydrogen-bond acceptors (Lipinski definition) is 5. The number of nitrogens with zero attached hydrogens (tertiary/aromatic N) is 7. The van der Waals surface area contributed by atoms with Crippen LogP contribution in [0.4, 0.5) is 0 Å². The highest BCUT2D eigenvalue weighted by molar-refractivity contribution is 6.13. The van der Waals surface area contributed by atoms with Crippen LogP contribution in [0.15, 0.2) is 140 Å². The summed E-state index contributed by atoms with van der Waals surface area (Å²) in [5.41, 5.74) is 10.9. The Labute approximate surface area is 251 Å². The number of fused-ring (bicyclic) bond motifs is 6. The van der Waals surface area contributed by atoms with Crippen LogP contribution in [0.25, 0.3) is 78.3 Å². The first kappa shape index (κ1) is 24.4. The molecule has 6 aromatic heterocycles. The monoisotopic (exact) mass is 565 g/mol. The van der Waals surface area contributed by atoms with Crippen molar-refractivity contribution in [3.05, 3.63) is 140 Å². The average Bonchev–Trinajstić information content (AvgIpc) is 3.60. The number of aromatic nitrogens is 7. The van der Waals surface area contributed by atoms with Gasteiger partial charge in [-0.05, 0) is 42.5 Å². The van der Waals surface area contributed by atoms with Crippen molar-refractivity contribution in [1.29, 1.82) is 0 Å². The Hall–Kier alpha value is -6.21. The standard InChI is InChI=1S/C37H23N7/c1-4-12-24(13-5-1)27-22-32(41-37(40-27)25-14-6-2-7-15-25)44-29-19-11-21-39-34(29)36-31(44)23-30-35(42-36)33-28(18-10-20-38-33)43(30)26-16-8-3-9-17-26/h1-23H. The summed E-state index contributed by atoms with van der Waals surface area (Å²) in [7, 11) is 0. The molecule has 7 heteroatoms. The lowest BCUT2D eigenvalue weighted by atomic mass is 10.1. The lowest BCUT2D eigenvalue weighted by Gasteiger charge is -2.12. The zero-order valence-corrected chi connectivity index (χ0v) is 23.4. The van der Waals surface area contributed by atoms with E-state index in [2.05, 4.69) is 51.6 Å². The molecule has 0 radical (unpaired) electrons. The lowest BCUT2D eigenvalue weighted by molar-refractivity contribution is 1.04. The molecule has 0 amide bonds. The third-order valence-electron chi connectivity index (χ3n) is 8.02. The summed E-state index contributed by atoms with van der Waals surface area (Å²) in [6.07, 6.45) is 3.63. The van der Waals surface area contributed by atoms with Gasteiger partial charge in [0.05, 0.1) is 27.8 Å². The Bertz CT molecular complexity index is 2420. The first-order chi connectivity index (χ1) is 21.8. The predicted octanol–water partition coefficient (Wildman–Crippen LogP) is 8.19. The van der Waals surface area contributed by atoms with E-state index in [1.807, 2.05) is 97.3 Å². The minimum Gasteiger partial charge on any atom is -0.306 e. The summed E-state index contributed by atoms with van der Waals surface area (Å²) < 4.78 is 4.38. The van der Waals surface area contributed by atoms with Crippen LogP contribution in [-0.2, 0) is 0 Å². The smallest absolute Gasteiger partial charge is 0.162 e. The van der Waals surface area contributed by atoms with Gasteiger partial charge in [-0.2, -0.15) is 0 Å². The van der Waals surface area contributed by atoms with E-state index in [0.717, 1.165) is 72.5 Å². The molecule has 3 aromatic carbocycles. The van der Waals surface area contributed by atoms with Gasteiger partial charge in [-0.25, -0.2) is 15.0 Å². The Morgan fingerprint density at radius 1 is 0.409 bits per heavy atom. The predicted molar refractivity (Wildman–Crippen MR) is 175 cm³/mol. The van der Waals surface area contributed by atoms with Gasteiger partial charge in [0, 0.05) is 35.3 Å². The van der Waals surface area contributed by atoms with E-state index < -0.39 is 0 Å². The fraction of sp³-hybridized carbons (Fsp3) is 0. The summed E-state index contributed by atoms with van der Waals surface area (Å²) in [5.74, 6) is 1.39. The van der Waals surface area contributed by atoms with Crippen LogP contribution in [0.3, 0.4) is 0 Å². The zero-order valence-electron chi connectivity index (χ0n) is 23.4. The molecule has 0 spiro atoms. The van der Waals surface area contributed by atoms with Crippen molar-refractivity contribution in [3.63, 3.8) is 0 Å². The van der Waals surface area contributed by atoms with Gasteiger partial charge < -0.3 is 4.57 Å². The minimum atomic E-state index is 0.650. The Morgan fingerprint density at radius 2 is 0.977 bits per heavy atom. The van der Waals surface area contributed by atoms with Crippen LogP contribution in [-0.4, -0.2) is 34.1 Å². The maximum atomic E-state index is 5.28. The number of benzene rings is 3. The van der Waals surface area contributed by atoms with Gasteiger partial charge in [-0.1, -0.05) is 78.9 Å². The van der Waals surface area contributed by atoms with Crippen molar-refractivity contribution in [2.45, 2.75) is 0 Å². The van der Waals surface area contributed by atoms with Gasteiger partial charge in [-0.3, -0.25) is 14.5 Å². The van der Waals surface area contributed by atoms with Crippen molar-refractivity contribution in [3.8, 4) is 34.2 Å². The molecule has 6 heterocycles. The third-order valence-corrected chi connectivity index (χ3v) is 8.02. The van der Waals surface area contributed by atoms with Crippen LogP contribution in [0.1, 0.15) is 0 Å². The second-order valence-corrected chi connectivity index (χ2v) is 10.6. The second-order valence-electron chi connectivity index (χ2n) is 10.6. The van der Waals surface area contributed by atoms with Crippen LogP contribution >= 0.6 is 0 Å². The van der Waals surface area contributed by atoms with Crippen LogP contribution in [0.2, 0.25) is 0 Å². The number of hydrogen-bond donors (Lipinski definition) is 0. The molecule has 9 rings (SSSR count). The average molecular weight is 566 g/mol. The maximum absolute atomic E-state index is 5.28. The largest absolute Gasteiger partial charge is 0.306 e. The van der Waals surface area contributed by atoms with E-state index in [0.29, 0.717) is 5.82 Å². The molecule has 44 heavy (non-hydrogen) atoms. The van der Waals surface area contributed by atoms with Crippen molar-refractivity contribution in [2.75, 3.05) is 0 Å². The molecule has 0 bridgehead atoms. The Balaban J connectivity index is 1.41. The summed E-state index contributed by atoms with van der Waals surface area (Å²) in [4.78, 5) is 25.0. The highest BCUT2D eigenvalue weighted by atomic mass is 15.1. The van der Waals surface area contributed by atoms with Gasteiger partial charge in [0.25, 0.3) is 0 Å². The summed E-state index contributed by atoms with van der Waals surface area (Å²) in [6, 6.07) is 43.0. The molecule has 0 fully saturated rings. The van der Waals surface area contributed by atoms with E-state index >= 15 is 0 Å². The molecule has 9 aromatic rings. The normalized spacial score (nSPS) is 11.6. The summed E-state index contributed by atoms with van der Waals surface area (Å²) in [6.45, 7) is 0. The molecule has 0 aliphatic heterocycles. The fourth-order valence-electron chi connectivity index (χ4n) is 6.09. The van der Waals surface area contributed by atoms with E-state index in [4.69, 9.17) is 24.9 Å². The zero-order chi connectivity index (χ0) is 29.0. The molecule has 7 nitrogen and oxygen atoms in total. The van der Waals surface area contributed by atoms with Gasteiger partial charge in [0.15, 0.2) is 5.82 Å². The van der Waals surface area contributed by atoms with Crippen molar-refractivity contribution < 1.29 is 0 Å². The highest BCUT2D eigenvalue weighted by Gasteiger charge is 2.22. The van der Waals surface area contributed by atoms with Crippen LogP contribution < -0.4 is 0 Å². The van der Waals surface area contributed by atoms with Gasteiger partial charge in [0.1, 0.15) is 27.9 Å². The molecule has 0 N–H and O–H groups in total. The molecule has 0 unspecified atom stereocenters. The summed E-state index contributed by atoms with van der Waals surface area (Å²) in [5, 5.41) is 0. The van der Waals surface area contributed by atoms with E-state index in [1.54, 1.807) is 0 Å². The molecule has 0 saturated carbocycles. The number of para-hydroxylation sites is 1. The van der Waals surface area contributed by atoms with E-state index in [-0.39, 0.29) is 0 Å². The molecule has 0 aliphatic rings. The highest BCUT2D eigenvalue weighted by Crippen LogP contribution is 2.36. The first-order valence-corrected chi connectivity index (χ1v) is 14.4. The van der Waals surface area contributed by atoms with Gasteiger partial charge in [0.2, 0.25) is 0 Å². The van der Waals surface area contributed by atoms with Crippen molar-refractivity contribution in [1.82, 2.24) is 34.1 Å². The Kier molecular flexibility index (Phi) is 5.36. The fourth-order valence-corrected chi connectivity index (χ4v) is 6.09. The van der Waals surface area contributed by atoms with Crippen molar-refractivity contribution in [2.24, 2.45) is 0 Å². The third kappa shape index (κ3) is 3.73. The van der Waals surface area contributed by atoms with Gasteiger partial charge in [-0.15, -0.1) is 0 Å². The van der Waals surface area contributed by atoms with Crippen LogP contribution in [0, 0.1) is 0 Å². The van der Waals surface area contributed by atoms with Gasteiger partial charge >= 0.3 is 0 Å². The lowest BCUT2D eigenvalue weighted by Crippen LogP contribution is -2.03. The molecule has 0 aliphatic carbocycles. The van der Waals surface area contributed by atoms with Crippen LogP contribution in [0.5, 0.6) is 0 Å². The van der Waals surface area contributed by atoms with E-state index in [9.17, 15) is 0 Å². The number of rotatable bonds is 4. The molecule has 0 atom stereocenters. The van der Waals surface area contributed by atoms with E-state index in [1.165, 1.54) is 0 Å². The minimum absolute atomic E-state index is 0.650. The molecule has 0 saturated heterocycles. The first-order valence-electron chi connectivity index (χ1n) is 14.4. The molecular weight excluding hydrogens is 542 g/mol. The SMILES string of the molecule is c1ccc(-c2cc(-n3c4cccnc4c4nc5c6ncccc6n(-c6ccccc6)c5cc43)nc(-c3ccccc3)n2)cc1. The topological polar surface area (TPSA) is 74.3 Å². The molecule has 206 valence electrons. The van der Waals surface area contributed by atoms with Crippen molar-refractivity contribution >= 4 is 44.1 Å². The Morgan fingerprint density at radius 3 is 1.64 bits per heavy atom. The summed E-state index contributed by atoms with van der Waals surface area (Å²) >= 11 is 0.